The molecular weight excluding hydrogens is 210 g/mol. The van der Waals surface area contributed by atoms with Crippen molar-refractivity contribution in [3.63, 3.8) is 0 Å². The Kier molecular flexibility index (Phi) is 6.23. The van der Waals surface area contributed by atoms with E-state index in [1.807, 2.05) is 0 Å². The standard InChI is InChI=1S/C15H25NO/c1-12(2)17-10-6-9-16-11-15-13(3)7-5-8-14(15)4/h5,7-8,12,16H,6,9-11H2,1-4H3. The zero-order chi connectivity index (χ0) is 12.7. The quantitative estimate of drug-likeness (QED) is 0.733. The minimum Gasteiger partial charge on any atom is -0.379 e. The molecule has 0 atom stereocenters. The van der Waals surface area contributed by atoms with Crippen LogP contribution in [0.25, 0.3) is 0 Å². The number of hydrogen-bond acceptors (Lipinski definition) is 2. The van der Waals surface area contributed by atoms with E-state index >= 15 is 0 Å². The molecule has 0 spiro atoms. The molecule has 96 valence electrons. The van der Waals surface area contributed by atoms with Gasteiger partial charge in [0.15, 0.2) is 0 Å². The first kappa shape index (κ1) is 14.2. The van der Waals surface area contributed by atoms with Crippen LogP contribution in [-0.2, 0) is 11.3 Å². The number of aryl methyl sites for hydroxylation is 2. The monoisotopic (exact) mass is 235 g/mol. The number of benzene rings is 1. The molecule has 0 aromatic heterocycles. The fourth-order valence-corrected chi connectivity index (χ4v) is 1.86. The van der Waals surface area contributed by atoms with Gasteiger partial charge in [-0.25, -0.2) is 0 Å². The van der Waals surface area contributed by atoms with Crippen molar-refractivity contribution in [2.45, 2.75) is 46.8 Å². The van der Waals surface area contributed by atoms with E-state index in [1.54, 1.807) is 0 Å². The number of rotatable bonds is 7. The first-order valence-corrected chi connectivity index (χ1v) is 6.48. The highest BCUT2D eigenvalue weighted by molar-refractivity contribution is 5.33. The van der Waals surface area contributed by atoms with Gasteiger partial charge in [-0.3, -0.25) is 0 Å². The maximum Gasteiger partial charge on any atom is 0.0518 e. The second kappa shape index (κ2) is 7.46. The van der Waals surface area contributed by atoms with Crippen molar-refractivity contribution in [2.75, 3.05) is 13.2 Å². The maximum absolute atomic E-state index is 5.50. The van der Waals surface area contributed by atoms with Crippen molar-refractivity contribution in [3.05, 3.63) is 34.9 Å². The topological polar surface area (TPSA) is 21.3 Å². The molecule has 0 heterocycles. The third kappa shape index (κ3) is 5.33. The van der Waals surface area contributed by atoms with Crippen LogP contribution in [0.1, 0.15) is 37.0 Å². The molecule has 0 fully saturated rings. The summed E-state index contributed by atoms with van der Waals surface area (Å²) >= 11 is 0. The van der Waals surface area contributed by atoms with E-state index in [1.165, 1.54) is 16.7 Å². The molecule has 2 heteroatoms. The third-order valence-electron chi connectivity index (χ3n) is 2.90. The first-order chi connectivity index (χ1) is 8.11. The van der Waals surface area contributed by atoms with E-state index in [0.29, 0.717) is 6.10 Å². The van der Waals surface area contributed by atoms with E-state index in [9.17, 15) is 0 Å². The van der Waals surface area contributed by atoms with Crippen molar-refractivity contribution in [2.24, 2.45) is 0 Å². The Hall–Kier alpha value is -0.860. The molecule has 1 aromatic rings. The van der Waals surface area contributed by atoms with Crippen LogP contribution in [0.3, 0.4) is 0 Å². The lowest BCUT2D eigenvalue weighted by Crippen LogP contribution is -2.18. The van der Waals surface area contributed by atoms with Crippen LogP contribution in [0, 0.1) is 13.8 Å². The van der Waals surface area contributed by atoms with E-state index in [-0.39, 0.29) is 0 Å². The van der Waals surface area contributed by atoms with Gasteiger partial charge in [-0.05, 0) is 57.4 Å². The van der Waals surface area contributed by atoms with Gasteiger partial charge in [-0.2, -0.15) is 0 Å². The van der Waals surface area contributed by atoms with Gasteiger partial charge < -0.3 is 10.1 Å². The van der Waals surface area contributed by atoms with Crippen LogP contribution in [0.5, 0.6) is 0 Å². The average molecular weight is 235 g/mol. The van der Waals surface area contributed by atoms with Gasteiger partial charge in [-0.1, -0.05) is 18.2 Å². The molecule has 0 aliphatic carbocycles. The minimum absolute atomic E-state index is 0.341. The van der Waals surface area contributed by atoms with Gasteiger partial charge >= 0.3 is 0 Å². The van der Waals surface area contributed by atoms with E-state index in [4.69, 9.17) is 4.74 Å². The van der Waals surface area contributed by atoms with Crippen molar-refractivity contribution < 1.29 is 4.74 Å². The van der Waals surface area contributed by atoms with E-state index in [2.05, 4.69) is 51.2 Å². The smallest absolute Gasteiger partial charge is 0.0518 e. The first-order valence-electron chi connectivity index (χ1n) is 6.48. The highest BCUT2D eigenvalue weighted by Gasteiger charge is 2.01. The Morgan fingerprint density at radius 3 is 2.41 bits per heavy atom. The molecule has 0 bridgehead atoms. The normalized spacial score (nSPS) is 11.1. The lowest BCUT2D eigenvalue weighted by Gasteiger charge is -2.11. The summed E-state index contributed by atoms with van der Waals surface area (Å²) in [4.78, 5) is 0. The molecule has 1 rings (SSSR count). The zero-order valence-electron chi connectivity index (χ0n) is 11.5. The summed E-state index contributed by atoms with van der Waals surface area (Å²) in [5.74, 6) is 0. The second-order valence-electron chi connectivity index (χ2n) is 4.82. The number of nitrogens with one attached hydrogen (secondary N) is 1. The van der Waals surface area contributed by atoms with Gasteiger partial charge in [0.05, 0.1) is 6.10 Å². The summed E-state index contributed by atoms with van der Waals surface area (Å²) in [6, 6.07) is 6.46. The van der Waals surface area contributed by atoms with E-state index < -0.39 is 0 Å². The van der Waals surface area contributed by atoms with Crippen LogP contribution >= 0.6 is 0 Å². The molecule has 1 aromatic carbocycles. The summed E-state index contributed by atoms with van der Waals surface area (Å²) in [6.45, 7) is 11.3. The molecule has 2 nitrogen and oxygen atoms in total. The van der Waals surface area contributed by atoms with Crippen molar-refractivity contribution in [1.29, 1.82) is 0 Å². The summed E-state index contributed by atoms with van der Waals surface area (Å²) in [7, 11) is 0. The van der Waals surface area contributed by atoms with Crippen LogP contribution in [-0.4, -0.2) is 19.3 Å². The summed E-state index contributed by atoms with van der Waals surface area (Å²) in [6.07, 6.45) is 1.41. The number of ether oxygens (including phenoxy) is 1. The molecule has 1 N–H and O–H groups in total. The average Bonchev–Trinajstić information content (AvgIpc) is 2.26. The van der Waals surface area contributed by atoms with Crippen molar-refractivity contribution in [3.8, 4) is 0 Å². The maximum atomic E-state index is 5.50. The van der Waals surface area contributed by atoms with E-state index in [0.717, 1.165) is 26.1 Å². The highest BCUT2D eigenvalue weighted by atomic mass is 16.5. The molecule has 0 saturated carbocycles. The number of hydrogen-bond donors (Lipinski definition) is 1. The summed E-state index contributed by atoms with van der Waals surface area (Å²) in [5.41, 5.74) is 4.17. The molecule has 0 saturated heterocycles. The zero-order valence-corrected chi connectivity index (χ0v) is 11.5. The Morgan fingerprint density at radius 1 is 1.18 bits per heavy atom. The van der Waals surface area contributed by atoms with Crippen molar-refractivity contribution in [1.82, 2.24) is 5.32 Å². The SMILES string of the molecule is Cc1cccc(C)c1CNCCCOC(C)C. The lowest BCUT2D eigenvalue weighted by atomic mass is 10.0. The largest absolute Gasteiger partial charge is 0.379 e. The third-order valence-corrected chi connectivity index (χ3v) is 2.90. The van der Waals surface area contributed by atoms with Crippen LogP contribution in [0.15, 0.2) is 18.2 Å². The van der Waals surface area contributed by atoms with Gasteiger partial charge in [0.25, 0.3) is 0 Å². The Morgan fingerprint density at radius 2 is 1.82 bits per heavy atom. The van der Waals surface area contributed by atoms with Gasteiger partial charge in [0.1, 0.15) is 0 Å². The summed E-state index contributed by atoms with van der Waals surface area (Å²) < 4.78 is 5.50. The fourth-order valence-electron chi connectivity index (χ4n) is 1.86. The lowest BCUT2D eigenvalue weighted by molar-refractivity contribution is 0.0770. The summed E-state index contributed by atoms with van der Waals surface area (Å²) in [5, 5.41) is 3.48. The van der Waals surface area contributed by atoms with Crippen LogP contribution < -0.4 is 5.32 Å². The van der Waals surface area contributed by atoms with Gasteiger partial charge in [0.2, 0.25) is 0 Å². The van der Waals surface area contributed by atoms with Crippen molar-refractivity contribution >= 4 is 0 Å². The highest BCUT2D eigenvalue weighted by Crippen LogP contribution is 2.12. The predicted molar refractivity (Wildman–Crippen MR) is 73.3 cm³/mol. The molecule has 0 radical (unpaired) electrons. The predicted octanol–water partition coefficient (Wildman–Crippen LogP) is 3.21. The Labute approximate surface area is 105 Å². The molecule has 0 amide bonds. The fraction of sp³-hybridized carbons (Fsp3) is 0.600. The Bertz CT molecular complexity index is 313. The van der Waals surface area contributed by atoms with Crippen LogP contribution in [0.4, 0.5) is 0 Å². The minimum atomic E-state index is 0.341. The molecule has 0 aliphatic heterocycles. The van der Waals surface area contributed by atoms with Crippen LogP contribution in [0.2, 0.25) is 0 Å². The molecule has 0 unspecified atom stereocenters. The molecular formula is C15H25NO. The Balaban J connectivity index is 2.22. The molecule has 17 heavy (non-hydrogen) atoms. The molecule has 0 aliphatic rings. The van der Waals surface area contributed by atoms with Gasteiger partial charge in [-0.15, -0.1) is 0 Å². The second-order valence-corrected chi connectivity index (χ2v) is 4.82. The van der Waals surface area contributed by atoms with Gasteiger partial charge in [0, 0.05) is 13.2 Å².